The lowest BCUT2D eigenvalue weighted by Crippen LogP contribution is -2.13. The number of oxime groups is 1. The fourth-order valence-electron chi connectivity index (χ4n) is 1.60. The molecule has 2 rings (SSSR count). The first-order chi connectivity index (χ1) is 9.54. The summed E-state index contributed by atoms with van der Waals surface area (Å²) in [4.78, 5) is 27.4. The van der Waals surface area contributed by atoms with Crippen molar-refractivity contribution >= 4 is 23.3 Å². The number of amides is 1. The molecule has 102 valence electrons. The summed E-state index contributed by atoms with van der Waals surface area (Å²) in [6.07, 6.45) is 3.63. The molecule has 0 saturated heterocycles. The summed E-state index contributed by atoms with van der Waals surface area (Å²) >= 11 is 0. The second-order valence-electron chi connectivity index (χ2n) is 4.41. The Kier molecular flexibility index (Phi) is 4.10. The Bertz CT molecular complexity index is 625. The number of carbonyl (C=O) groups is 2. The number of nitrogens with one attached hydrogen (secondary N) is 1. The van der Waals surface area contributed by atoms with Gasteiger partial charge in [0.1, 0.15) is 5.71 Å². The first kappa shape index (κ1) is 13.7. The summed E-state index contributed by atoms with van der Waals surface area (Å²) in [7, 11) is 0. The Morgan fingerprint density at radius 3 is 2.50 bits per heavy atom. The van der Waals surface area contributed by atoms with E-state index >= 15 is 0 Å². The highest BCUT2D eigenvalue weighted by atomic mass is 16.7. The van der Waals surface area contributed by atoms with Crippen molar-refractivity contribution in [2.75, 3.05) is 5.32 Å². The van der Waals surface area contributed by atoms with Gasteiger partial charge in [-0.2, -0.15) is 0 Å². The summed E-state index contributed by atoms with van der Waals surface area (Å²) in [6.45, 7) is 3.68. The number of nitrogens with zero attached hydrogens (tertiary/aromatic N) is 1. The highest BCUT2D eigenvalue weighted by molar-refractivity contribution is 6.19. The predicted octanol–water partition coefficient (Wildman–Crippen LogP) is 2.98. The van der Waals surface area contributed by atoms with Gasteiger partial charge in [0.05, 0.1) is 0 Å². The standard InChI is InChI=1S/C15H14N2O3/c1-10-3-5-12(6-4-10)16-15(19)20-17-14-8-7-13(18)9-11(14)2/h3-9H,1-2H3,(H,16,19). The van der Waals surface area contributed by atoms with Gasteiger partial charge >= 0.3 is 6.09 Å². The molecule has 0 aromatic heterocycles. The van der Waals surface area contributed by atoms with Crippen LogP contribution in [0, 0.1) is 6.92 Å². The third-order valence-electron chi connectivity index (χ3n) is 2.69. The molecule has 1 aliphatic rings. The van der Waals surface area contributed by atoms with Crippen molar-refractivity contribution in [3.05, 3.63) is 53.6 Å². The van der Waals surface area contributed by atoms with Crippen LogP contribution in [0.5, 0.6) is 0 Å². The quantitative estimate of drug-likeness (QED) is 0.510. The van der Waals surface area contributed by atoms with Crippen LogP contribution in [0.4, 0.5) is 10.5 Å². The van der Waals surface area contributed by atoms with Crippen LogP contribution < -0.4 is 5.32 Å². The number of aryl methyl sites for hydroxylation is 1. The molecule has 0 heterocycles. The molecule has 5 nitrogen and oxygen atoms in total. The molecule has 1 N–H and O–H groups in total. The van der Waals surface area contributed by atoms with Crippen molar-refractivity contribution in [1.29, 1.82) is 0 Å². The van der Waals surface area contributed by atoms with Crippen LogP contribution in [0.25, 0.3) is 0 Å². The van der Waals surface area contributed by atoms with E-state index in [0.29, 0.717) is 17.0 Å². The molecular formula is C15H14N2O3. The molecule has 5 heteroatoms. The fourth-order valence-corrected chi connectivity index (χ4v) is 1.60. The normalized spacial score (nSPS) is 16.0. The average molecular weight is 270 g/mol. The second kappa shape index (κ2) is 5.97. The zero-order chi connectivity index (χ0) is 14.5. The lowest BCUT2D eigenvalue weighted by Gasteiger charge is -2.06. The molecule has 0 unspecified atom stereocenters. The molecular weight excluding hydrogens is 256 g/mol. The maximum Gasteiger partial charge on any atom is 0.437 e. The molecule has 20 heavy (non-hydrogen) atoms. The maximum atomic E-state index is 11.6. The second-order valence-corrected chi connectivity index (χ2v) is 4.41. The molecule has 0 saturated carbocycles. The third kappa shape index (κ3) is 3.65. The van der Waals surface area contributed by atoms with Gasteiger partial charge in [-0.25, -0.2) is 4.79 Å². The van der Waals surface area contributed by atoms with Crippen molar-refractivity contribution < 1.29 is 14.4 Å². The first-order valence-electron chi connectivity index (χ1n) is 6.08. The van der Waals surface area contributed by atoms with E-state index in [-0.39, 0.29) is 5.78 Å². The van der Waals surface area contributed by atoms with E-state index in [1.807, 2.05) is 19.1 Å². The Balaban J connectivity index is 1.95. The summed E-state index contributed by atoms with van der Waals surface area (Å²) < 4.78 is 0. The van der Waals surface area contributed by atoms with Crippen LogP contribution in [0.2, 0.25) is 0 Å². The van der Waals surface area contributed by atoms with Gasteiger partial charge in [-0.15, -0.1) is 0 Å². The lowest BCUT2D eigenvalue weighted by atomic mass is 10.1. The van der Waals surface area contributed by atoms with Gasteiger partial charge < -0.3 is 0 Å². The van der Waals surface area contributed by atoms with Gasteiger partial charge in [0, 0.05) is 5.69 Å². The minimum Gasteiger partial charge on any atom is -0.297 e. The summed E-state index contributed by atoms with van der Waals surface area (Å²) in [5.41, 5.74) is 2.83. The van der Waals surface area contributed by atoms with Crippen LogP contribution in [0.15, 0.2) is 53.2 Å². The van der Waals surface area contributed by atoms with Crippen LogP contribution in [-0.2, 0) is 9.63 Å². The van der Waals surface area contributed by atoms with Crippen LogP contribution >= 0.6 is 0 Å². The number of benzene rings is 1. The van der Waals surface area contributed by atoms with E-state index in [0.717, 1.165) is 5.56 Å². The minimum absolute atomic E-state index is 0.106. The minimum atomic E-state index is -0.681. The Morgan fingerprint density at radius 2 is 1.85 bits per heavy atom. The number of carbonyl (C=O) groups excluding carboxylic acids is 2. The topological polar surface area (TPSA) is 67.8 Å². The van der Waals surface area contributed by atoms with Crippen molar-refractivity contribution in [1.82, 2.24) is 0 Å². The monoisotopic (exact) mass is 270 g/mol. The number of hydrogen-bond donors (Lipinski definition) is 1. The lowest BCUT2D eigenvalue weighted by molar-refractivity contribution is -0.110. The van der Waals surface area contributed by atoms with Gasteiger partial charge in [0.15, 0.2) is 5.78 Å². The van der Waals surface area contributed by atoms with E-state index in [4.69, 9.17) is 4.84 Å². The maximum absolute atomic E-state index is 11.6. The molecule has 1 amide bonds. The predicted molar refractivity (Wildman–Crippen MR) is 76.6 cm³/mol. The van der Waals surface area contributed by atoms with Crippen LogP contribution in [0.3, 0.4) is 0 Å². The summed E-state index contributed by atoms with van der Waals surface area (Å²) in [5.74, 6) is -0.106. The molecule has 0 radical (unpaired) electrons. The van der Waals surface area contributed by atoms with Crippen LogP contribution in [-0.4, -0.2) is 17.6 Å². The molecule has 1 aliphatic carbocycles. The van der Waals surface area contributed by atoms with Gasteiger partial charge in [-0.1, -0.05) is 22.9 Å². The van der Waals surface area contributed by atoms with Crippen molar-refractivity contribution in [3.63, 3.8) is 0 Å². The fraction of sp³-hybridized carbons (Fsp3) is 0.133. The third-order valence-corrected chi connectivity index (χ3v) is 2.69. The molecule has 1 aromatic carbocycles. The zero-order valence-corrected chi connectivity index (χ0v) is 11.2. The first-order valence-corrected chi connectivity index (χ1v) is 6.08. The Morgan fingerprint density at radius 1 is 1.15 bits per heavy atom. The summed E-state index contributed by atoms with van der Waals surface area (Å²) in [6, 6.07) is 7.30. The highest BCUT2D eigenvalue weighted by Gasteiger charge is 2.09. The van der Waals surface area contributed by atoms with E-state index in [1.165, 1.54) is 18.2 Å². The number of anilines is 1. The zero-order valence-electron chi connectivity index (χ0n) is 11.2. The summed E-state index contributed by atoms with van der Waals surface area (Å²) in [5, 5.41) is 6.26. The Hall–Kier alpha value is -2.69. The molecule has 0 spiro atoms. The number of rotatable bonds is 2. The Labute approximate surface area is 116 Å². The average Bonchev–Trinajstić information content (AvgIpc) is 2.40. The van der Waals surface area contributed by atoms with E-state index in [1.54, 1.807) is 19.1 Å². The SMILES string of the molecule is CC1=CC(=O)C=CC1=NOC(=O)Nc1ccc(C)cc1. The van der Waals surface area contributed by atoms with Gasteiger partial charge in [-0.3, -0.25) is 14.9 Å². The van der Waals surface area contributed by atoms with Gasteiger partial charge in [0.25, 0.3) is 0 Å². The van der Waals surface area contributed by atoms with Gasteiger partial charge in [0.2, 0.25) is 0 Å². The molecule has 1 aromatic rings. The highest BCUT2D eigenvalue weighted by Crippen LogP contribution is 2.10. The van der Waals surface area contributed by atoms with E-state index in [2.05, 4.69) is 10.5 Å². The molecule has 0 aliphatic heterocycles. The van der Waals surface area contributed by atoms with Crippen LogP contribution in [0.1, 0.15) is 12.5 Å². The molecule has 0 fully saturated rings. The van der Waals surface area contributed by atoms with E-state index in [9.17, 15) is 9.59 Å². The van der Waals surface area contributed by atoms with E-state index < -0.39 is 6.09 Å². The number of hydrogen-bond acceptors (Lipinski definition) is 4. The van der Waals surface area contributed by atoms with Crippen molar-refractivity contribution in [3.8, 4) is 0 Å². The molecule has 0 atom stereocenters. The smallest absolute Gasteiger partial charge is 0.297 e. The van der Waals surface area contributed by atoms with Gasteiger partial charge in [-0.05, 0) is 49.8 Å². The number of ketones is 1. The molecule has 0 bridgehead atoms. The van der Waals surface area contributed by atoms with Crippen molar-refractivity contribution in [2.24, 2.45) is 5.16 Å². The number of allylic oxidation sites excluding steroid dienone is 4. The van der Waals surface area contributed by atoms with Crippen molar-refractivity contribution in [2.45, 2.75) is 13.8 Å². The largest absolute Gasteiger partial charge is 0.437 e.